The number of aliphatic hydroxyl groups is 1. The number of ether oxygens (including phenoxy) is 1. The van der Waals surface area contributed by atoms with Gasteiger partial charge < -0.3 is 9.84 Å². The van der Waals surface area contributed by atoms with Crippen LogP contribution in [0.2, 0.25) is 0 Å². The van der Waals surface area contributed by atoms with Crippen LogP contribution in [0.3, 0.4) is 0 Å². The zero-order valence-electron chi connectivity index (χ0n) is 7.60. The van der Waals surface area contributed by atoms with E-state index in [1.54, 1.807) is 17.9 Å². The Morgan fingerprint density at radius 1 is 1.85 bits per heavy atom. The summed E-state index contributed by atoms with van der Waals surface area (Å²) in [6, 6.07) is 0. The lowest BCUT2D eigenvalue weighted by atomic mass is 10.1. The predicted octanol–water partition coefficient (Wildman–Crippen LogP) is 0.0166. The fourth-order valence-electron chi connectivity index (χ4n) is 0.971. The number of esters is 1. The quantitative estimate of drug-likeness (QED) is 0.672. The van der Waals surface area contributed by atoms with E-state index in [9.17, 15) is 9.90 Å². The van der Waals surface area contributed by atoms with Gasteiger partial charge in [0, 0.05) is 18.8 Å². The number of hydrogen-bond acceptors (Lipinski definition) is 4. The molecule has 0 amide bonds. The third-order valence-electron chi connectivity index (χ3n) is 1.70. The molecular formula is C8H12N2O3. The van der Waals surface area contributed by atoms with Crippen molar-refractivity contribution in [3.05, 3.63) is 18.0 Å². The van der Waals surface area contributed by atoms with Gasteiger partial charge in [0.15, 0.2) is 0 Å². The molecule has 0 unspecified atom stereocenters. The Balaban J connectivity index is 2.58. The van der Waals surface area contributed by atoms with Crippen molar-refractivity contribution in [2.24, 2.45) is 7.05 Å². The van der Waals surface area contributed by atoms with Gasteiger partial charge in [0.1, 0.15) is 0 Å². The minimum atomic E-state index is -0.832. The number of carbonyl (C=O) groups is 1. The van der Waals surface area contributed by atoms with E-state index in [0.29, 0.717) is 5.56 Å². The molecule has 0 aliphatic rings. The summed E-state index contributed by atoms with van der Waals surface area (Å²) in [5, 5.41) is 13.4. The van der Waals surface area contributed by atoms with Crippen molar-refractivity contribution >= 4 is 5.97 Å². The number of aryl methyl sites for hydroxylation is 1. The first-order chi connectivity index (χ1) is 6.13. The smallest absolute Gasteiger partial charge is 0.308 e. The van der Waals surface area contributed by atoms with Crippen LogP contribution in [0.15, 0.2) is 12.4 Å². The Kier molecular flexibility index (Phi) is 3.02. The second-order valence-corrected chi connectivity index (χ2v) is 2.74. The molecule has 13 heavy (non-hydrogen) atoms. The standard InChI is InChI=1S/C8H12N2O3/c1-10-5-6(4-9-10)7(11)3-8(12)13-2/h4-5,7,11H,3H2,1-2H3/t7-/m1/s1. The molecule has 0 aromatic carbocycles. The summed E-state index contributed by atoms with van der Waals surface area (Å²) in [6.45, 7) is 0. The average Bonchev–Trinajstić information content (AvgIpc) is 2.51. The highest BCUT2D eigenvalue weighted by molar-refractivity contribution is 5.69. The Hall–Kier alpha value is -1.36. The van der Waals surface area contributed by atoms with Gasteiger partial charge in [-0.3, -0.25) is 9.48 Å². The predicted molar refractivity (Wildman–Crippen MR) is 44.8 cm³/mol. The van der Waals surface area contributed by atoms with Crippen LogP contribution in [0.4, 0.5) is 0 Å². The molecule has 0 radical (unpaired) electrons. The van der Waals surface area contributed by atoms with Crippen LogP contribution in [-0.2, 0) is 16.6 Å². The fourth-order valence-corrected chi connectivity index (χ4v) is 0.971. The van der Waals surface area contributed by atoms with Crippen molar-refractivity contribution in [1.82, 2.24) is 9.78 Å². The second kappa shape index (κ2) is 4.04. The molecule has 0 spiro atoms. The molecule has 0 bridgehead atoms. The van der Waals surface area contributed by atoms with Gasteiger partial charge in [0.2, 0.25) is 0 Å². The van der Waals surface area contributed by atoms with Crippen LogP contribution < -0.4 is 0 Å². The normalized spacial score (nSPS) is 12.5. The highest BCUT2D eigenvalue weighted by Crippen LogP contribution is 2.15. The van der Waals surface area contributed by atoms with Crippen molar-refractivity contribution in [2.45, 2.75) is 12.5 Å². The van der Waals surface area contributed by atoms with Crippen LogP contribution in [0, 0.1) is 0 Å². The molecule has 72 valence electrons. The van der Waals surface area contributed by atoms with E-state index in [1.165, 1.54) is 13.3 Å². The fraction of sp³-hybridized carbons (Fsp3) is 0.500. The molecule has 0 saturated heterocycles. The SMILES string of the molecule is COC(=O)C[C@@H](O)c1cnn(C)c1. The van der Waals surface area contributed by atoms with Gasteiger partial charge in [0.05, 0.1) is 25.8 Å². The first-order valence-electron chi connectivity index (χ1n) is 3.87. The van der Waals surface area contributed by atoms with Gasteiger partial charge in [-0.1, -0.05) is 0 Å². The summed E-state index contributed by atoms with van der Waals surface area (Å²) < 4.78 is 5.99. The third kappa shape index (κ3) is 2.55. The van der Waals surface area contributed by atoms with Crippen molar-refractivity contribution in [2.75, 3.05) is 7.11 Å². The molecule has 1 N–H and O–H groups in total. The summed E-state index contributed by atoms with van der Waals surface area (Å²) in [5.74, 6) is -0.434. The van der Waals surface area contributed by atoms with Crippen molar-refractivity contribution < 1.29 is 14.6 Å². The minimum absolute atomic E-state index is 0.0395. The largest absolute Gasteiger partial charge is 0.469 e. The number of nitrogens with zero attached hydrogens (tertiary/aromatic N) is 2. The zero-order chi connectivity index (χ0) is 9.84. The molecule has 5 heteroatoms. The van der Waals surface area contributed by atoms with Gasteiger partial charge in [-0.05, 0) is 0 Å². The van der Waals surface area contributed by atoms with Crippen molar-refractivity contribution in [3.8, 4) is 0 Å². The molecular weight excluding hydrogens is 172 g/mol. The number of aliphatic hydroxyl groups excluding tert-OH is 1. The molecule has 1 aromatic rings. The van der Waals surface area contributed by atoms with Gasteiger partial charge in [0.25, 0.3) is 0 Å². The van der Waals surface area contributed by atoms with Crippen molar-refractivity contribution in [1.29, 1.82) is 0 Å². The number of hydrogen-bond donors (Lipinski definition) is 1. The van der Waals surface area contributed by atoms with Crippen LogP contribution in [-0.4, -0.2) is 28.0 Å². The molecule has 0 aliphatic carbocycles. The first-order valence-corrected chi connectivity index (χ1v) is 3.87. The topological polar surface area (TPSA) is 64.3 Å². The van der Waals surface area contributed by atoms with E-state index in [4.69, 9.17) is 0 Å². The maximum Gasteiger partial charge on any atom is 0.308 e. The maximum absolute atomic E-state index is 10.8. The van der Waals surface area contributed by atoms with E-state index in [-0.39, 0.29) is 6.42 Å². The monoisotopic (exact) mass is 184 g/mol. The summed E-state index contributed by atoms with van der Waals surface area (Å²) in [7, 11) is 3.03. The van der Waals surface area contributed by atoms with E-state index in [0.717, 1.165) is 0 Å². The Bertz CT molecular complexity index is 295. The Morgan fingerprint density at radius 2 is 2.54 bits per heavy atom. The van der Waals surface area contributed by atoms with E-state index in [2.05, 4.69) is 9.84 Å². The van der Waals surface area contributed by atoms with Crippen LogP contribution in [0.25, 0.3) is 0 Å². The van der Waals surface area contributed by atoms with E-state index >= 15 is 0 Å². The van der Waals surface area contributed by atoms with Crippen molar-refractivity contribution in [3.63, 3.8) is 0 Å². The molecule has 0 aliphatic heterocycles. The van der Waals surface area contributed by atoms with Crippen LogP contribution in [0.5, 0.6) is 0 Å². The minimum Gasteiger partial charge on any atom is -0.469 e. The number of aromatic nitrogens is 2. The summed E-state index contributed by atoms with van der Waals surface area (Å²) in [6.07, 6.45) is 2.31. The second-order valence-electron chi connectivity index (χ2n) is 2.74. The molecule has 0 fully saturated rings. The van der Waals surface area contributed by atoms with E-state index < -0.39 is 12.1 Å². The number of carbonyl (C=O) groups excluding carboxylic acids is 1. The maximum atomic E-state index is 10.8. The lowest BCUT2D eigenvalue weighted by molar-refractivity contribution is -0.142. The highest BCUT2D eigenvalue weighted by atomic mass is 16.5. The van der Waals surface area contributed by atoms with Gasteiger partial charge in [-0.15, -0.1) is 0 Å². The van der Waals surface area contributed by atoms with Gasteiger partial charge in [-0.2, -0.15) is 5.10 Å². The van der Waals surface area contributed by atoms with Crippen LogP contribution >= 0.6 is 0 Å². The molecule has 1 aromatic heterocycles. The summed E-state index contributed by atoms with van der Waals surface area (Å²) in [5.41, 5.74) is 0.618. The lowest BCUT2D eigenvalue weighted by Crippen LogP contribution is -2.07. The first kappa shape index (κ1) is 9.73. The van der Waals surface area contributed by atoms with Gasteiger partial charge in [-0.25, -0.2) is 0 Å². The Labute approximate surface area is 75.9 Å². The average molecular weight is 184 g/mol. The number of rotatable bonds is 3. The van der Waals surface area contributed by atoms with Crippen LogP contribution in [0.1, 0.15) is 18.1 Å². The summed E-state index contributed by atoms with van der Waals surface area (Å²) >= 11 is 0. The zero-order valence-corrected chi connectivity index (χ0v) is 7.60. The third-order valence-corrected chi connectivity index (χ3v) is 1.70. The van der Waals surface area contributed by atoms with Gasteiger partial charge >= 0.3 is 5.97 Å². The molecule has 1 heterocycles. The Morgan fingerprint density at radius 3 is 3.00 bits per heavy atom. The molecule has 5 nitrogen and oxygen atoms in total. The molecule has 1 rings (SSSR count). The number of methoxy groups -OCH3 is 1. The lowest BCUT2D eigenvalue weighted by Gasteiger charge is -2.05. The highest BCUT2D eigenvalue weighted by Gasteiger charge is 2.14. The summed E-state index contributed by atoms with van der Waals surface area (Å²) in [4.78, 5) is 10.8. The molecule has 0 saturated carbocycles. The van der Waals surface area contributed by atoms with E-state index in [1.807, 2.05) is 0 Å². The molecule has 1 atom stereocenters.